The molecule has 0 aliphatic carbocycles. The minimum absolute atomic E-state index is 0.0421. The number of halogens is 4. The molecule has 0 aromatic heterocycles. The second-order valence-corrected chi connectivity index (χ2v) is 4.97. The summed E-state index contributed by atoms with van der Waals surface area (Å²) in [6.45, 7) is 4.82. The van der Waals surface area contributed by atoms with Crippen LogP contribution in [0.3, 0.4) is 0 Å². The molecule has 0 saturated carbocycles. The van der Waals surface area contributed by atoms with Crippen molar-refractivity contribution < 1.29 is 27.0 Å². The van der Waals surface area contributed by atoms with Gasteiger partial charge in [-0.15, -0.1) is 13.2 Å². The van der Waals surface area contributed by atoms with Gasteiger partial charge in [0.2, 0.25) is 0 Å². The third kappa shape index (κ3) is 3.22. The molecule has 3 nitrogen and oxygen atoms in total. The van der Waals surface area contributed by atoms with Crippen LogP contribution in [0.25, 0.3) is 0 Å². The summed E-state index contributed by atoms with van der Waals surface area (Å²) in [4.78, 5) is 0. The first-order valence-electron chi connectivity index (χ1n) is 6.21. The smallest absolute Gasteiger partial charge is 0.498 e. The van der Waals surface area contributed by atoms with E-state index in [0.29, 0.717) is 11.3 Å². The molecule has 1 aromatic carbocycles. The number of alkyl halides is 4. The Morgan fingerprint density at radius 2 is 2.00 bits per heavy atom. The first-order chi connectivity index (χ1) is 9.63. The van der Waals surface area contributed by atoms with Crippen molar-refractivity contribution in [2.24, 2.45) is 0 Å². The van der Waals surface area contributed by atoms with E-state index in [1.807, 2.05) is 0 Å². The Bertz CT molecular complexity index is 554. The minimum atomic E-state index is -4.75. The monoisotopic (exact) mass is 305 g/mol. The molecule has 1 unspecified atom stereocenters. The van der Waals surface area contributed by atoms with Gasteiger partial charge in [-0.05, 0) is 37.1 Å². The number of methoxy groups -OCH3 is 1. The summed E-state index contributed by atoms with van der Waals surface area (Å²) in [5.74, 6) is -0.366. The maximum Gasteiger partial charge on any atom is 0.573 e. The Balaban J connectivity index is 2.18. The second kappa shape index (κ2) is 5.13. The van der Waals surface area contributed by atoms with Gasteiger partial charge in [0.1, 0.15) is 11.5 Å². The third-order valence-electron chi connectivity index (χ3n) is 3.51. The highest BCUT2D eigenvalue weighted by atomic mass is 19.4. The fourth-order valence-corrected chi connectivity index (χ4v) is 2.26. The Labute approximate surface area is 119 Å². The van der Waals surface area contributed by atoms with Crippen LogP contribution in [0.4, 0.5) is 23.2 Å². The number of benzene rings is 1. The molecule has 0 fully saturated rings. The lowest BCUT2D eigenvalue weighted by Crippen LogP contribution is -2.41. The van der Waals surface area contributed by atoms with Gasteiger partial charge in [-0.3, -0.25) is 0 Å². The number of anilines is 1. The molecule has 0 spiro atoms. The van der Waals surface area contributed by atoms with E-state index in [9.17, 15) is 17.6 Å². The quantitative estimate of drug-likeness (QED) is 0.678. The Morgan fingerprint density at radius 1 is 1.33 bits per heavy atom. The van der Waals surface area contributed by atoms with E-state index in [-0.39, 0.29) is 17.9 Å². The average molecular weight is 305 g/mol. The molecule has 1 aliphatic rings. The fraction of sp³-hybridized carbons (Fsp3) is 0.429. The van der Waals surface area contributed by atoms with Gasteiger partial charge in [-0.2, -0.15) is 0 Å². The maximum atomic E-state index is 14.6. The molecule has 116 valence electrons. The lowest BCUT2D eigenvalue weighted by atomic mass is 9.94. The summed E-state index contributed by atoms with van der Waals surface area (Å²) < 4.78 is 59.9. The van der Waals surface area contributed by atoms with Crippen molar-refractivity contribution in [3.8, 4) is 5.75 Å². The van der Waals surface area contributed by atoms with Gasteiger partial charge in [-0.25, -0.2) is 4.39 Å². The lowest BCUT2D eigenvalue weighted by molar-refractivity contribution is -0.274. The predicted molar refractivity (Wildman–Crippen MR) is 69.9 cm³/mol. The molecule has 0 amide bonds. The van der Waals surface area contributed by atoms with Crippen LogP contribution in [0.15, 0.2) is 30.5 Å². The standard InChI is InChI=1S/C14H15F4NO2/c1-8(20-3)13(2,15)12-7-9-6-10(21-14(16,17)18)4-5-11(9)19-12/h4-6,12,19H,1,7H2,2-3H3/t12-,13?/m1/s1. The van der Waals surface area contributed by atoms with Crippen molar-refractivity contribution in [3.05, 3.63) is 36.1 Å². The van der Waals surface area contributed by atoms with Crippen LogP contribution in [-0.4, -0.2) is 25.2 Å². The first kappa shape index (κ1) is 15.5. The molecule has 0 saturated heterocycles. The van der Waals surface area contributed by atoms with Crippen LogP contribution in [0.5, 0.6) is 5.75 Å². The van der Waals surface area contributed by atoms with Gasteiger partial charge in [-0.1, -0.05) is 6.58 Å². The normalized spacial score (nSPS) is 20.2. The molecule has 0 radical (unpaired) electrons. The van der Waals surface area contributed by atoms with Gasteiger partial charge in [0.25, 0.3) is 0 Å². The number of fused-ring (bicyclic) bond motifs is 1. The zero-order chi connectivity index (χ0) is 15.8. The van der Waals surface area contributed by atoms with E-state index >= 15 is 0 Å². The van der Waals surface area contributed by atoms with Crippen molar-refractivity contribution in [2.75, 3.05) is 12.4 Å². The van der Waals surface area contributed by atoms with Crippen LogP contribution < -0.4 is 10.1 Å². The molecular weight excluding hydrogens is 290 g/mol. The van der Waals surface area contributed by atoms with E-state index in [1.54, 1.807) is 0 Å². The highest BCUT2D eigenvalue weighted by Crippen LogP contribution is 2.38. The maximum absolute atomic E-state index is 14.6. The Morgan fingerprint density at radius 3 is 2.57 bits per heavy atom. The van der Waals surface area contributed by atoms with E-state index in [2.05, 4.69) is 16.6 Å². The number of rotatable bonds is 4. The van der Waals surface area contributed by atoms with Gasteiger partial charge >= 0.3 is 6.36 Å². The van der Waals surface area contributed by atoms with Crippen LogP contribution in [0.1, 0.15) is 12.5 Å². The van der Waals surface area contributed by atoms with Crippen LogP contribution in [0, 0.1) is 0 Å². The van der Waals surface area contributed by atoms with Crippen molar-refractivity contribution in [2.45, 2.75) is 31.4 Å². The molecule has 21 heavy (non-hydrogen) atoms. The molecule has 1 aromatic rings. The summed E-state index contributed by atoms with van der Waals surface area (Å²) in [6, 6.07) is 3.20. The minimum Gasteiger partial charge on any atom is -0.498 e. The molecule has 2 rings (SSSR count). The molecule has 0 bridgehead atoms. The number of hydrogen-bond donors (Lipinski definition) is 1. The van der Waals surface area contributed by atoms with E-state index < -0.39 is 18.1 Å². The van der Waals surface area contributed by atoms with Crippen LogP contribution in [0.2, 0.25) is 0 Å². The topological polar surface area (TPSA) is 30.5 Å². The second-order valence-electron chi connectivity index (χ2n) is 4.97. The van der Waals surface area contributed by atoms with Crippen LogP contribution >= 0.6 is 0 Å². The molecule has 2 atom stereocenters. The summed E-state index contributed by atoms with van der Waals surface area (Å²) >= 11 is 0. The van der Waals surface area contributed by atoms with Crippen molar-refractivity contribution in [1.82, 2.24) is 0 Å². The lowest BCUT2D eigenvalue weighted by Gasteiger charge is -2.28. The first-order valence-corrected chi connectivity index (χ1v) is 6.21. The molecule has 1 aliphatic heterocycles. The number of nitrogens with one attached hydrogen (secondary N) is 1. The van der Waals surface area contributed by atoms with Gasteiger partial charge in [0.05, 0.1) is 13.2 Å². The number of ether oxygens (including phenoxy) is 2. The Kier molecular flexibility index (Phi) is 3.78. The van der Waals surface area contributed by atoms with E-state index in [1.165, 1.54) is 32.2 Å². The molecular formula is C14H15F4NO2. The number of hydrogen-bond acceptors (Lipinski definition) is 3. The van der Waals surface area contributed by atoms with E-state index in [0.717, 1.165) is 0 Å². The summed E-state index contributed by atoms with van der Waals surface area (Å²) in [5, 5.41) is 2.93. The zero-order valence-corrected chi connectivity index (χ0v) is 11.6. The average Bonchev–Trinajstić information content (AvgIpc) is 2.79. The Hall–Kier alpha value is -1.92. The van der Waals surface area contributed by atoms with Crippen molar-refractivity contribution >= 4 is 5.69 Å². The van der Waals surface area contributed by atoms with Crippen molar-refractivity contribution in [1.29, 1.82) is 0 Å². The SMILES string of the molecule is C=C(OC)C(C)(F)[C@H]1Cc2cc(OC(F)(F)F)ccc2N1. The fourth-order valence-electron chi connectivity index (χ4n) is 2.26. The highest BCUT2D eigenvalue weighted by molar-refractivity contribution is 5.60. The molecule has 1 heterocycles. The summed E-state index contributed by atoms with van der Waals surface area (Å²) in [6.07, 6.45) is -4.54. The molecule has 1 N–H and O–H groups in total. The third-order valence-corrected chi connectivity index (χ3v) is 3.51. The van der Waals surface area contributed by atoms with Crippen molar-refractivity contribution in [3.63, 3.8) is 0 Å². The summed E-state index contributed by atoms with van der Waals surface area (Å²) in [7, 11) is 1.32. The summed E-state index contributed by atoms with van der Waals surface area (Å²) in [5.41, 5.74) is -0.726. The van der Waals surface area contributed by atoms with Gasteiger partial charge < -0.3 is 14.8 Å². The largest absolute Gasteiger partial charge is 0.573 e. The van der Waals surface area contributed by atoms with Gasteiger partial charge in [0.15, 0.2) is 5.67 Å². The molecule has 7 heteroatoms. The van der Waals surface area contributed by atoms with E-state index in [4.69, 9.17) is 4.74 Å². The zero-order valence-electron chi connectivity index (χ0n) is 11.6. The predicted octanol–water partition coefficient (Wildman–Crippen LogP) is 3.81. The van der Waals surface area contributed by atoms with Crippen LogP contribution in [-0.2, 0) is 11.2 Å². The highest BCUT2D eigenvalue weighted by Gasteiger charge is 2.42. The van der Waals surface area contributed by atoms with Gasteiger partial charge in [0, 0.05) is 5.69 Å².